The molecule has 0 aliphatic carbocycles. The van der Waals surface area contributed by atoms with Crippen LogP contribution in [-0.4, -0.2) is 16.1 Å². The van der Waals surface area contributed by atoms with E-state index in [2.05, 4.69) is 0 Å². The molecule has 0 fully saturated rings. The van der Waals surface area contributed by atoms with Gasteiger partial charge in [-0.3, -0.25) is 4.79 Å². The van der Waals surface area contributed by atoms with Gasteiger partial charge in [-0.15, -0.1) is 0 Å². The number of fused-ring (bicyclic) bond motifs is 1. The molecule has 0 amide bonds. The fraction of sp³-hybridized carbons (Fsp3) is 0. The zero-order chi connectivity index (χ0) is 12.7. The third-order valence-corrected chi connectivity index (χ3v) is 2.19. The lowest BCUT2D eigenvalue weighted by Crippen LogP contribution is -2.18. The van der Waals surface area contributed by atoms with Gasteiger partial charge in [-0.25, -0.2) is 13.6 Å². The van der Waals surface area contributed by atoms with Gasteiger partial charge in [0.2, 0.25) is 5.82 Å². The Kier molecular flexibility index (Phi) is 2.38. The molecule has 7 heteroatoms. The molecule has 0 aliphatic rings. The monoisotopic (exact) mass is 243 g/mol. The summed E-state index contributed by atoms with van der Waals surface area (Å²) in [4.78, 5) is 23.7. The average molecular weight is 243 g/mol. The average Bonchev–Trinajstić information content (AvgIpc) is 2.20. The van der Waals surface area contributed by atoms with E-state index in [1.54, 1.807) is 0 Å². The van der Waals surface area contributed by atoms with Crippen molar-refractivity contribution in [2.24, 2.45) is 0 Å². The first-order chi connectivity index (χ1) is 7.91. The molecule has 0 radical (unpaired) electrons. The number of aromatic nitrogens is 1. The predicted octanol–water partition coefficient (Wildman–Crippen LogP) is 1.64. The molecule has 1 aromatic heterocycles. The molecule has 0 aliphatic heterocycles. The Morgan fingerprint density at radius 2 is 1.88 bits per heavy atom. The van der Waals surface area contributed by atoms with E-state index in [-0.39, 0.29) is 0 Å². The summed E-state index contributed by atoms with van der Waals surface area (Å²) in [5.74, 6) is -5.68. The topological polar surface area (TPSA) is 70.2 Å². The molecule has 0 saturated carbocycles. The van der Waals surface area contributed by atoms with Crippen molar-refractivity contribution >= 4 is 16.9 Å². The number of benzene rings is 1. The number of hydrogen-bond acceptors (Lipinski definition) is 2. The highest BCUT2D eigenvalue weighted by molar-refractivity contribution is 6.02. The van der Waals surface area contributed by atoms with Gasteiger partial charge in [-0.2, -0.15) is 4.39 Å². The van der Waals surface area contributed by atoms with Crippen LogP contribution in [0.5, 0.6) is 0 Å². The van der Waals surface area contributed by atoms with E-state index in [9.17, 15) is 22.8 Å². The van der Waals surface area contributed by atoms with Crippen LogP contribution in [0.3, 0.4) is 0 Å². The summed E-state index contributed by atoms with van der Waals surface area (Å²) in [6.45, 7) is 0. The highest BCUT2D eigenvalue weighted by Gasteiger charge is 2.21. The second-order valence-electron chi connectivity index (χ2n) is 3.26. The Balaban J connectivity index is 3.09. The lowest BCUT2D eigenvalue weighted by atomic mass is 10.1. The van der Waals surface area contributed by atoms with E-state index in [4.69, 9.17) is 5.11 Å². The number of carboxylic acid groups (broad SMARTS) is 1. The molecule has 2 aromatic rings. The Hall–Kier alpha value is -2.31. The molecule has 1 aromatic carbocycles. The van der Waals surface area contributed by atoms with Crippen LogP contribution in [0.4, 0.5) is 13.2 Å². The Morgan fingerprint density at radius 3 is 2.47 bits per heavy atom. The first-order valence-electron chi connectivity index (χ1n) is 4.35. The van der Waals surface area contributed by atoms with Crippen molar-refractivity contribution in [3.8, 4) is 0 Å². The number of carbonyl (C=O) groups is 1. The number of aromatic carboxylic acids is 1. The minimum atomic E-state index is -1.80. The van der Waals surface area contributed by atoms with Gasteiger partial charge in [0, 0.05) is 6.07 Å². The number of hydrogen-bond donors (Lipinski definition) is 2. The second kappa shape index (κ2) is 3.62. The van der Waals surface area contributed by atoms with Crippen molar-refractivity contribution < 1.29 is 23.1 Å². The summed E-state index contributed by atoms with van der Waals surface area (Å²) in [7, 11) is 0. The first kappa shape index (κ1) is 11.2. The molecule has 17 heavy (non-hydrogen) atoms. The maximum absolute atomic E-state index is 13.4. The van der Waals surface area contributed by atoms with E-state index >= 15 is 0 Å². The zero-order valence-corrected chi connectivity index (χ0v) is 8.05. The van der Waals surface area contributed by atoms with Crippen LogP contribution in [0.1, 0.15) is 10.4 Å². The number of halogens is 3. The molecule has 88 valence electrons. The Labute approximate surface area is 91.3 Å². The molecule has 1 heterocycles. The molecule has 0 unspecified atom stereocenters. The minimum absolute atomic E-state index is 0.409. The highest BCUT2D eigenvalue weighted by atomic mass is 19.1. The van der Waals surface area contributed by atoms with Gasteiger partial charge >= 0.3 is 5.97 Å². The normalized spacial score (nSPS) is 10.8. The third kappa shape index (κ3) is 1.65. The molecule has 0 bridgehead atoms. The van der Waals surface area contributed by atoms with Crippen molar-refractivity contribution in [2.75, 3.05) is 0 Å². The first-order valence-corrected chi connectivity index (χ1v) is 4.35. The van der Waals surface area contributed by atoms with Crippen LogP contribution in [0, 0.1) is 17.5 Å². The molecular weight excluding hydrogens is 239 g/mol. The van der Waals surface area contributed by atoms with Crippen LogP contribution >= 0.6 is 0 Å². The van der Waals surface area contributed by atoms with E-state index in [0.717, 1.165) is 0 Å². The predicted molar refractivity (Wildman–Crippen MR) is 51.4 cm³/mol. The van der Waals surface area contributed by atoms with Gasteiger partial charge in [0.1, 0.15) is 17.2 Å². The lowest BCUT2D eigenvalue weighted by molar-refractivity contribution is 0.0693. The van der Waals surface area contributed by atoms with Gasteiger partial charge in [0.05, 0.1) is 10.9 Å². The summed E-state index contributed by atoms with van der Waals surface area (Å²) in [6.07, 6.45) is 0. The largest absolute Gasteiger partial charge is 0.478 e. The molecule has 2 N–H and O–H groups in total. The molecule has 0 atom stereocenters. The number of H-pyrrole nitrogens is 1. The van der Waals surface area contributed by atoms with E-state index in [0.29, 0.717) is 12.1 Å². The number of nitrogens with one attached hydrogen (secondary N) is 1. The van der Waals surface area contributed by atoms with Crippen molar-refractivity contribution in [3.05, 3.63) is 45.5 Å². The molecule has 4 nitrogen and oxygen atoms in total. The number of carboxylic acids is 1. The van der Waals surface area contributed by atoms with Crippen LogP contribution in [0.15, 0.2) is 16.9 Å². The van der Waals surface area contributed by atoms with Crippen LogP contribution in [0.2, 0.25) is 0 Å². The number of aromatic amines is 1. The third-order valence-electron chi connectivity index (χ3n) is 2.19. The summed E-state index contributed by atoms with van der Waals surface area (Å²) in [5.41, 5.74) is -2.87. The summed E-state index contributed by atoms with van der Waals surface area (Å²) in [5, 5.41) is 8.06. The SMILES string of the molecule is O=C(O)c1c(F)c(=O)[nH]c2cc(F)cc(F)c12. The van der Waals surface area contributed by atoms with Gasteiger partial charge in [0.25, 0.3) is 5.56 Å². The maximum Gasteiger partial charge on any atom is 0.339 e. The van der Waals surface area contributed by atoms with E-state index < -0.39 is 45.4 Å². The smallest absolute Gasteiger partial charge is 0.339 e. The van der Waals surface area contributed by atoms with Crippen molar-refractivity contribution in [1.82, 2.24) is 4.98 Å². The standard InChI is InChI=1S/C10H4F3NO3/c11-3-1-4(12)6-5(2-3)14-9(15)8(13)7(6)10(16)17/h1-2H,(H,14,15)(H,16,17). The van der Waals surface area contributed by atoms with Crippen molar-refractivity contribution in [3.63, 3.8) is 0 Å². The fourth-order valence-corrected chi connectivity index (χ4v) is 1.53. The Bertz CT molecular complexity index is 693. The quantitative estimate of drug-likeness (QED) is 0.799. The molecule has 2 rings (SSSR count). The summed E-state index contributed by atoms with van der Waals surface area (Å²) < 4.78 is 39.5. The molecule has 0 spiro atoms. The molecular formula is C10H4F3NO3. The van der Waals surface area contributed by atoms with E-state index in [1.165, 1.54) is 0 Å². The van der Waals surface area contributed by atoms with Crippen LogP contribution in [0.25, 0.3) is 10.9 Å². The fourth-order valence-electron chi connectivity index (χ4n) is 1.53. The highest BCUT2D eigenvalue weighted by Crippen LogP contribution is 2.22. The second-order valence-corrected chi connectivity index (χ2v) is 3.26. The van der Waals surface area contributed by atoms with Gasteiger partial charge in [0.15, 0.2) is 0 Å². The maximum atomic E-state index is 13.4. The van der Waals surface area contributed by atoms with Gasteiger partial charge in [-0.1, -0.05) is 0 Å². The summed E-state index contributed by atoms with van der Waals surface area (Å²) in [6, 6.07) is 1.12. The van der Waals surface area contributed by atoms with Crippen molar-refractivity contribution in [1.29, 1.82) is 0 Å². The van der Waals surface area contributed by atoms with Crippen LogP contribution < -0.4 is 5.56 Å². The lowest BCUT2D eigenvalue weighted by Gasteiger charge is -2.04. The molecule has 0 saturated heterocycles. The van der Waals surface area contributed by atoms with Crippen molar-refractivity contribution in [2.45, 2.75) is 0 Å². The number of rotatable bonds is 1. The summed E-state index contributed by atoms with van der Waals surface area (Å²) >= 11 is 0. The van der Waals surface area contributed by atoms with Gasteiger partial charge in [-0.05, 0) is 6.07 Å². The van der Waals surface area contributed by atoms with Gasteiger partial charge < -0.3 is 10.1 Å². The minimum Gasteiger partial charge on any atom is -0.478 e. The zero-order valence-electron chi connectivity index (χ0n) is 8.05. The van der Waals surface area contributed by atoms with E-state index in [1.807, 2.05) is 4.98 Å². The number of pyridine rings is 1. The van der Waals surface area contributed by atoms with Crippen LogP contribution in [-0.2, 0) is 0 Å². The Morgan fingerprint density at radius 1 is 1.24 bits per heavy atom.